The van der Waals surface area contributed by atoms with Crippen molar-refractivity contribution in [1.82, 2.24) is 0 Å². The Morgan fingerprint density at radius 2 is 2.17 bits per heavy atom. The predicted octanol–water partition coefficient (Wildman–Crippen LogP) is 2.52. The van der Waals surface area contributed by atoms with Crippen LogP contribution >= 0.6 is 11.6 Å². The number of hydrogen-bond donors (Lipinski definition) is 1. The zero-order chi connectivity index (χ0) is 13.9. The van der Waals surface area contributed by atoms with Gasteiger partial charge in [-0.3, -0.25) is 15.0 Å². The lowest BCUT2D eigenvalue weighted by molar-refractivity contribution is -0.489. The van der Waals surface area contributed by atoms with Crippen LogP contribution in [0.15, 0.2) is 18.2 Å². The van der Waals surface area contributed by atoms with Crippen LogP contribution in [0.3, 0.4) is 0 Å². The van der Waals surface area contributed by atoms with E-state index in [9.17, 15) is 14.9 Å². The Bertz CT molecular complexity index is 486. The summed E-state index contributed by atoms with van der Waals surface area (Å²) in [7, 11) is 0. The first-order chi connectivity index (χ1) is 8.27. The number of carbonyl (C=O) groups is 1. The van der Waals surface area contributed by atoms with E-state index in [1.165, 1.54) is 12.1 Å². The fourth-order valence-electron chi connectivity index (χ4n) is 1.56. The van der Waals surface area contributed by atoms with Gasteiger partial charge in [0.25, 0.3) is 0 Å². The molecule has 98 valence electrons. The highest BCUT2D eigenvalue weighted by molar-refractivity contribution is 6.33. The topological polar surface area (TPSA) is 89.7 Å². The number of halogens is 1. The van der Waals surface area contributed by atoms with Crippen LogP contribution in [0.5, 0.6) is 0 Å². The van der Waals surface area contributed by atoms with Gasteiger partial charge >= 0.3 is 5.97 Å². The molecule has 0 spiro atoms. The van der Waals surface area contributed by atoms with Crippen molar-refractivity contribution in [2.75, 3.05) is 6.54 Å². The van der Waals surface area contributed by atoms with E-state index in [1.54, 1.807) is 19.9 Å². The fraction of sp³-hybridized carbons (Fsp3) is 0.364. The van der Waals surface area contributed by atoms with Crippen molar-refractivity contribution in [1.29, 1.82) is 0 Å². The van der Waals surface area contributed by atoms with Crippen LogP contribution in [0.2, 0.25) is 5.02 Å². The van der Waals surface area contributed by atoms with Crippen LogP contribution in [-0.4, -0.2) is 22.7 Å². The lowest BCUT2D eigenvalue weighted by Crippen LogP contribution is -2.27. The Hall–Kier alpha value is -1.66. The molecule has 0 aliphatic rings. The lowest BCUT2D eigenvalue weighted by Gasteiger charge is -2.20. The van der Waals surface area contributed by atoms with Crippen LogP contribution in [0.25, 0.3) is 0 Å². The first-order valence-electron chi connectivity index (χ1n) is 5.05. The Labute approximate surface area is 108 Å². The molecule has 6 nitrogen and oxygen atoms in total. The molecule has 0 aliphatic heterocycles. The average molecular weight is 274 g/mol. The summed E-state index contributed by atoms with van der Waals surface area (Å²) in [5.41, 5.74) is -0.0899. The molecule has 0 saturated heterocycles. The van der Waals surface area contributed by atoms with Gasteiger partial charge in [0.2, 0.25) is 6.54 Å². The van der Waals surface area contributed by atoms with Crippen LogP contribution < -0.4 is 0 Å². The van der Waals surface area contributed by atoms with E-state index in [4.69, 9.17) is 16.9 Å². The summed E-state index contributed by atoms with van der Waals surface area (Å²) in [6.07, 6.45) is 0. The van der Waals surface area contributed by atoms with Crippen molar-refractivity contribution in [2.24, 2.45) is 0 Å². The molecule has 0 atom stereocenters. The maximum atomic E-state index is 11.1. The zero-order valence-electron chi connectivity index (χ0n) is 9.84. The summed E-state index contributed by atoms with van der Waals surface area (Å²) >= 11 is 5.86. The minimum Gasteiger partial charge on any atom is -0.295 e. The number of benzene rings is 1. The van der Waals surface area contributed by atoms with Crippen molar-refractivity contribution in [3.63, 3.8) is 0 Å². The van der Waals surface area contributed by atoms with Gasteiger partial charge in [-0.05, 0) is 31.5 Å². The molecule has 0 bridgehead atoms. The highest BCUT2D eigenvalue weighted by Gasteiger charge is 2.28. The Morgan fingerprint density at radius 3 is 2.61 bits per heavy atom. The van der Waals surface area contributed by atoms with Crippen LogP contribution in [0.1, 0.15) is 29.8 Å². The maximum Gasteiger partial charge on any atom is 0.374 e. The number of carbonyl (C=O) groups excluding carboxylic acids is 1. The molecular formula is C11H12ClNO5. The average Bonchev–Trinajstić information content (AvgIpc) is 2.26. The van der Waals surface area contributed by atoms with E-state index < -0.39 is 16.3 Å². The van der Waals surface area contributed by atoms with Crippen molar-refractivity contribution in [2.45, 2.75) is 19.3 Å². The summed E-state index contributed by atoms with van der Waals surface area (Å²) in [4.78, 5) is 24.8. The Kier molecular flexibility index (Phi) is 4.26. The zero-order valence-corrected chi connectivity index (χ0v) is 10.6. The van der Waals surface area contributed by atoms with Gasteiger partial charge in [-0.2, -0.15) is 5.26 Å². The third kappa shape index (κ3) is 3.18. The Morgan fingerprint density at radius 1 is 1.56 bits per heavy atom. The van der Waals surface area contributed by atoms with Crippen LogP contribution in [0, 0.1) is 10.1 Å². The highest BCUT2D eigenvalue weighted by Crippen LogP contribution is 2.28. The summed E-state index contributed by atoms with van der Waals surface area (Å²) in [5, 5.41) is 18.9. The lowest BCUT2D eigenvalue weighted by atomic mass is 9.84. The second-order valence-corrected chi connectivity index (χ2v) is 4.86. The monoisotopic (exact) mass is 273 g/mol. The van der Waals surface area contributed by atoms with Crippen molar-refractivity contribution >= 4 is 17.6 Å². The molecule has 0 aromatic heterocycles. The molecule has 1 rings (SSSR count). The third-order valence-corrected chi connectivity index (χ3v) is 2.89. The van der Waals surface area contributed by atoms with Crippen molar-refractivity contribution in [3.8, 4) is 0 Å². The van der Waals surface area contributed by atoms with Crippen LogP contribution in [0.4, 0.5) is 0 Å². The van der Waals surface area contributed by atoms with Gasteiger partial charge < -0.3 is 0 Å². The molecule has 1 aromatic rings. The van der Waals surface area contributed by atoms with E-state index in [-0.39, 0.29) is 17.1 Å². The molecule has 7 heteroatoms. The molecule has 0 aliphatic carbocycles. The standard InChI is InChI=1S/C11H12ClNO5/c1-11(2,6-13(15)16)7-3-4-8(9(12)5-7)10(14)18-17/h3-5,17H,6H2,1-2H3. The molecule has 1 aromatic carbocycles. The van der Waals surface area contributed by atoms with Gasteiger partial charge in [-0.1, -0.05) is 17.7 Å². The molecule has 0 amide bonds. The number of rotatable bonds is 4. The molecule has 18 heavy (non-hydrogen) atoms. The molecular weight excluding hydrogens is 262 g/mol. The molecule has 0 heterocycles. The smallest absolute Gasteiger partial charge is 0.295 e. The fourth-order valence-corrected chi connectivity index (χ4v) is 1.82. The van der Waals surface area contributed by atoms with Crippen LogP contribution in [-0.2, 0) is 10.3 Å². The molecule has 1 N–H and O–H groups in total. The first-order valence-corrected chi connectivity index (χ1v) is 5.43. The molecule has 0 unspecified atom stereocenters. The summed E-state index contributed by atoms with van der Waals surface area (Å²) in [6.45, 7) is 3.14. The normalized spacial score (nSPS) is 11.1. The van der Waals surface area contributed by atoms with Gasteiger partial charge in [-0.15, -0.1) is 0 Å². The number of hydrogen-bond acceptors (Lipinski definition) is 5. The quantitative estimate of drug-likeness (QED) is 0.517. The van der Waals surface area contributed by atoms with E-state index in [2.05, 4.69) is 4.89 Å². The first kappa shape index (κ1) is 14.4. The van der Waals surface area contributed by atoms with Gasteiger partial charge in [0.15, 0.2) is 0 Å². The summed E-state index contributed by atoms with van der Waals surface area (Å²) in [6, 6.07) is 4.36. The van der Waals surface area contributed by atoms with Crippen molar-refractivity contribution < 1.29 is 19.9 Å². The second-order valence-electron chi connectivity index (χ2n) is 4.45. The highest BCUT2D eigenvalue weighted by atomic mass is 35.5. The minimum absolute atomic E-state index is 0.000167. The third-order valence-electron chi connectivity index (χ3n) is 2.58. The maximum absolute atomic E-state index is 11.1. The summed E-state index contributed by atoms with van der Waals surface area (Å²) in [5.74, 6) is -0.973. The summed E-state index contributed by atoms with van der Waals surface area (Å²) < 4.78 is 0. The largest absolute Gasteiger partial charge is 0.374 e. The number of nitrogens with zero attached hydrogens (tertiary/aromatic N) is 1. The SMILES string of the molecule is CC(C)(C[N+](=O)[O-])c1ccc(C(=O)OO)c(Cl)c1. The van der Waals surface area contributed by atoms with Gasteiger partial charge in [0.1, 0.15) is 0 Å². The van der Waals surface area contributed by atoms with Gasteiger partial charge in [-0.25, -0.2) is 4.79 Å². The van der Waals surface area contributed by atoms with Crippen molar-refractivity contribution in [3.05, 3.63) is 44.5 Å². The molecule has 0 radical (unpaired) electrons. The predicted molar refractivity (Wildman–Crippen MR) is 64.4 cm³/mol. The molecule has 0 saturated carbocycles. The van der Waals surface area contributed by atoms with E-state index in [0.717, 1.165) is 0 Å². The van der Waals surface area contributed by atoms with E-state index >= 15 is 0 Å². The van der Waals surface area contributed by atoms with Gasteiger partial charge in [0, 0.05) is 4.92 Å². The van der Waals surface area contributed by atoms with Gasteiger partial charge in [0.05, 0.1) is 16.0 Å². The van der Waals surface area contributed by atoms with E-state index in [0.29, 0.717) is 5.56 Å². The number of nitro groups is 1. The molecule has 0 fully saturated rings. The minimum atomic E-state index is -0.973. The van der Waals surface area contributed by atoms with E-state index in [1.807, 2.05) is 0 Å². The second kappa shape index (κ2) is 5.32. The Balaban J connectivity index is 3.11.